The summed E-state index contributed by atoms with van der Waals surface area (Å²) in [6, 6.07) is 16.9. The average Bonchev–Trinajstić information content (AvgIpc) is 2.76. The van der Waals surface area contributed by atoms with Crippen LogP contribution in [0.25, 0.3) is 5.57 Å². The monoisotopic (exact) mass is 404 g/mol. The van der Waals surface area contributed by atoms with Gasteiger partial charge in [-0.3, -0.25) is 4.99 Å². The smallest absolute Gasteiger partial charge is 0.0687 e. The second kappa shape index (κ2) is 13.7. The Balaban J connectivity index is 0.000000375. The fourth-order valence-electron chi connectivity index (χ4n) is 3.21. The third-order valence-corrected chi connectivity index (χ3v) is 5.17. The van der Waals surface area contributed by atoms with E-state index in [0.29, 0.717) is 6.54 Å². The Labute approximate surface area is 184 Å². The molecule has 2 N–H and O–H groups in total. The molecule has 0 aliphatic carbocycles. The largest absolute Gasteiger partial charge is 0.326 e. The third kappa shape index (κ3) is 8.51. The molecule has 0 aromatic heterocycles. The van der Waals surface area contributed by atoms with E-state index >= 15 is 0 Å². The molecular formula is C28H40N2. The highest BCUT2D eigenvalue weighted by molar-refractivity contribution is 5.85. The molecule has 2 rings (SSSR count). The fraction of sp³-hybridized carbons (Fsp3) is 0.393. The van der Waals surface area contributed by atoms with E-state index in [-0.39, 0.29) is 0 Å². The maximum Gasteiger partial charge on any atom is 0.0687 e. The van der Waals surface area contributed by atoms with E-state index in [1.807, 2.05) is 6.92 Å². The Hall–Kier alpha value is -2.45. The van der Waals surface area contributed by atoms with E-state index in [1.165, 1.54) is 46.4 Å². The van der Waals surface area contributed by atoms with Crippen LogP contribution in [0.15, 0.2) is 71.4 Å². The van der Waals surface area contributed by atoms with Gasteiger partial charge in [0, 0.05) is 12.3 Å². The minimum Gasteiger partial charge on any atom is -0.326 e. The van der Waals surface area contributed by atoms with Gasteiger partial charge in [0.15, 0.2) is 0 Å². The van der Waals surface area contributed by atoms with E-state index in [1.54, 1.807) is 0 Å². The second-order valence-corrected chi connectivity index (χ2v) is 7.89. The molecule has 0 heterocycles. The number of hydrogen-bond acceptors (Lipinski definition) is 2. The van der Waals surface area contributed by atoms with Crippen molar-refractivity contribution in [2.24, 2.45) is 10.7 Å². The van der Waals surface area contributed by atoms with E-state index < -0.39 is 0 Å². The number of aliphatic imine (C=N–C) groups is 1. The lowest BCUT2D eigenvalue weighted by molar-refractivity contribution is 0.832. The van der Waals surface area contributed by atoms with Crippen molar-refractivity contribution >= 4 is 11.3 Å². The standard InChI is InChI=1S/C19H27N.C9H13N/c1-7-8-12-16(5)20-19(14(2)3)17(6)18-13-10-9-11-15(18)4;1-2-8-3-5-9(7-10)6-4-8/h9-11,13H,2,7-8,12H2,1,3-6H3;3-6H,2,7,10H2,1H3/b19-17+,20-16?;. The number of nitrogens with zero attached hydrogens (tertiary/aromatic N) is 1. The Morgan fingerprint density at radius 1 is 0.933 bits per heavy atom. The lowest BCUT2D eigenvalue weighted by atomic mass is 9.98. The summed E-state index contributed by atoms with van der Waals surface area (Å²) in [6.07, 6.45) is 4.57. The molecule has 0 atom stereocenters. The Kier molecular flexibility index (Phi) is 11.7. The summed E-state index contributed by atoms with van der Waals surface area (Å²) in [5.74, 6) is 0. The van der Waals surface area contributed by atoms with Gasteiger partial charge in [0.1, 0.15) is 0 Å². The minimum atomic E-state index is 0.643. The maximum absolute atomic E-state index is 5.44. The van der Waals surface area contributed by atoms with Crippen LogP contribution in [-0.4, -0.2) is 5.71 Å². The first-order valence-corrected chi connectivity index (χ1v) is 11.1. The topological polar surface area (TPSA) is 38.4 Å². The highest BCUT2D eigenvalue weighted by Gasteiger charge is 2.08. The first-order chi connectivity index (χ1) is 14.3. The molecule has 0 radical (unpaired) electrons. The molecule has 30 heavy (non-hydrogen) atoms. The lowest BCUT2D eigenvalue weighted by Gasteiger charge is -2.12. The number of allylic oxidation sites excluding steroid dienone is 2. The zero-order valence-corrected chi connectivity index (χ0v) is 19.9. The molecule has 0 bridgehead atoms. The van der Waals surface area contributed by atoms with E-state index in [0.717, 1.165) is 24.1 Å². The van der Waals surface area contributed by atoms with Crippen LogP contribution in [0, 0.1) is 6.92 Å². The van der Waals surface area contributed by atoms with Crippen LogP contribution in [0.3, 0.4) is 0 Å². The van der Waals surface area contributed by atoms with Gasteiger partial charge in [0.2, 0.25) is 0 Å². The van der Waals surface area contributed by atoms with Gasteiger partial charge in [-0.2, -0.15) is 0 Å². The van der Waals surface area contributed by atoms with Crippen molar-refractivity contribution in [3.63, 3.8) is 0 Å². The van der Waals surface area contributed by atoms with Gasteiger partial charge >= 0.3 is 0 Å². The number of rotatable bonds is 8. The van der Waals surface area contributed by atoms with Gasteiger partial charge in [0.05, 0.1) is 5.70 Å². The highest BCUT2D eigenvalue weighted by Crippen LogP contribution is 2.26. The van der Waals surface area contributed by atoms with Crippen molar-refractivity contribution in [3.8, 4) is 0 Å². The van der Waals surface area contributed by atoms with E-state index in [4.69, 9.17) is 10.7 Å². The van der Waals surface area contributed by atoms with Crippen LogP contribution in [0.1, 0.15) is 76.1 Å². The third-order valence-electron chi connectivity index (χ3n) is 5.17. The van der Waals surface area contributed by atoms with Crippen LogP contribution < -0.4 is 5.73 Å². The number of nitrogens with two attached hydrogens (primary N) is 1. The van der Waals surface area contributed by atoms with E-state index in [9.17, 15) is 0 Å². The molecule has 0 spiro atoms. The first kappa shape index (κ1) is 25.6. The summed E-state index contributed by atoms with van der Waals surface area (Å²) in [5, 5.41) is 0. The quantitative estimate of drug-likeness (QED) is 0.356. The van der Waals surface area contributed by atoms with Gasteiger partial charge in [-0.1, -0.05) is 75.4 Å². The average molecular weight is 405 g/mol. The van der Waals surface area contributed by atoms with Crippen LogP contribution in [0.5, 0.6) is 0 Å². The Bertz CT molecular complexity index is 831. The predicted octanol–water partition coefficient (Wildman–Crippen LogP) is 7.66. The predicted molar refractivity (Wildman–Crippen MR) is 135 cm³/mol. The van der Waals surface area contributed by atoms with Crippen molar-refractivity contribution in [2.75, 3.05) is 0 Å². The summed E-state index contributed by atoms with van der Waals surface area (Å²) in [4.78, 5) is 4.83. The van der Waals surface area contributed by atoms with Gasteiger partial charge in [-0.05, 0) is 80.4 Å². The van der Waals surface area contributed by atoms with E-state index in [2.05, 4.69) is 89.7 Å². The summed E-state index contributed by atoms with van der Waals surface area (Å²) < 4.78 is 0. The molecule has 2 aromatic carbocycles. The molecule has 2 heteroatoms. The van der Waals surface area contributed by atoms with Crippen molar-refractivity contribution in [1.29, 1.82) is 0 Å². The molecule has 2 aromatic rings. The normalized spacial score (nSPS) is 12.0. The number of hydrogen-bond donors (Lipinski definition) is 1. The van der Waals surface area contributed by atoms with Crippen LogP contribution in [0.2, 0.25) is 0 Å². The van der Waals surface area contributed by atoms with Crippen molar-refractivity contribution in [1.82, 2.24) is 0 Å². The molecule has 0 unspecified atom stereocenters. The van der Waals surface area contributed by atoms with Gasteiger partial charge in [-0.15, -0.1) is 0 Å². The first-order valence-electron chi connectivity index (χ1n) is 11.1. The summed E-state index contributed by atoms with van der Waals surface area (Å²) in [5.41, 5.74) is 15.0. The van der Waals surface area contributed by atoms with Gasteiger partial charge in [0.25, 0.3) is 0 Å². The summed E-state index contributed by atoms with van der Waals surface area (Å²) in [6.45, 7) is 17.5. The van der Waals surface area contributed by atoms with Crippen molar-refractivity contribution in [3.05, 3.63) is 88.6 Å². The molecule has 0 amide bonds. The number of aryl methyl sites for hydroxylation is 2. The highest BCUT2D eigenvalue weighted by atomic mass is 14.8. The molecule has 0 saturated carbocycles. The zero-order valence-electron chi connectivity index (χ0n) is 19.9. The molecule has 0 aliphatic rings. The second-order valence-electron chi connectivity index (χ2n) is 7.89. The molecule has 2 nitrogen and oxygen atoms in total. The number of unbranched alkanes of at least 4 members (excludes halogenated alkanes) is 1. The summed E-state index contributed by atoms with van der Waals surface area (Å²) in [7, 11) is 0. The molecular weight excluding hydrogens is 364 g/mol. The van der Waals surface area contributed by atoms with Crippen LogP contribution >= 0.6 is 0 Å². The molecule has 0 saturated heterocycles. The number of benzene rings is 2. The summed E-state index contributed by atoms with van der Waals surface area (Å²) >= 11 is 0. The minimum absolute atomic E-state index is 0.643. The van der Waals surface area contributed by atoms with Gasteiger partial charge in [-0.25, -0.2) is 0 Å². The van der Waals surface area contributed by atoms with Crippen LogP contribution in [-0.2, 0) is 13.0 Å². The zero-order chi connectivity index (χ0) is 22.5. The molecule has 162 valence electrons. The maximum atomic E-state index is 5.44. The molecule has 0 fully saturated rings. The molecule has 0 aliphatic heterocycles. The SMILES string of the molecule is C=C(C)/C(N=C(C)CCCC)=C(/C)c1ccccc1C.CCc1ccc(CN)cc1. The van der Waals surface area contributed by atoms with Crippen molar-refractivity contribution < 1.29 is 0 Å². The fourth-order valence-corrected chi connectivity index (χ4v) is 3.21. The van der Waals surface area contributed by atoms with Crippen LogP contribution in [0.4, 0.5) is 0 Å². The van der Waals surface area contributed by atoms with Crippen molar-refractivity contribution in [2.45, 2.75) is 73.8 Å². The van der Waals surface area contributed by atoms with Gasteiger partial charge < -0.3 is 5.73 Å². The lowest BCUT2D eigenvalue weighted by Crippen LogP contribution is -1.96. The Morgan fingerprint density at radius 3 is 2.03 bits per heavy atom. The Morgan fingerprint density at radius 2 is 1.53 bits per heavy atom.